The summed E-state index contributed by atoms with van der Waals surface area (Å²) in [6.07, 6.45) is 0. The maximum Gasteiger partial charge on any atom is 0.257 e. The quantitative estimate of drug-likeness (QED) is 0.935. The molecule has 1 aromatic carbocycles. The molecule has 0 aliphatic heterocycles. The van der Waals surface area contributed by atoms with Gasteiger partial charge in [-0.05, 0) is 32.0 Å². The van der Waals surface area contributed by atoms with E-state index in [0.717, 1.165) is 11.8 Å². The summed E-state index contributed by atoms with van der Waals surface area (Å²) in [5.41, 5.74) is 1.06. The predicted octanol–water partition coefficient (Wildman–Crippen LogP) is 3.24. The van der Waals surface area contributed by atoms with Crippen LogP contribution in [-0.2, 0) is 0 Å². The van der Waals surface area contributed by atoms with Crippen LogP contribution in [0.15, 0.2) is 23.6 Å². The smallest absolute Gasteiger partial charge is 0.257 e. The van der Waals surface area contributed by atoms with Gasteiger partial charge in [-0.15, -0.1) is 11.3 Å². The fraction of sp³-hybridized carbons (Fsp3) is 0.231. The number of aryl methyl sites for hydroxylation is 1. The minimum atomic E-state index is -0.551. The van der Waals surface area contributed by atoms with E-state index in [-0.39, 0.29) is 11.3 Å². The van der Waals surface area contributed by atoms with E-state index in [0.29, 0.717) is 11.7 Å². The Morgan fingerprint density at radius 1 is 1.53 bits per heavy atom. The second-order valence-corrected chi connectivity index (χ2v) is 4.68. The molecule has 2 rings (SSSR count). The maximum absolute atomic E-state index is 13.6. The van der Waals surface area contributed by atoms with Crippen LogP contribution in [0.25, 0.3) is 0 Å². The second kappa shape index (κ2) is 5.79. The minimum absolute atomic E-state index is 0.143. The number of carbonyl (C=O) groups is 1. The van der Waals surface area contributed by atoms with Crippen molar-refractivity contribution in [1.82, 2.24) is 4.98 Å². The summed E-state index contributed by atoms with van der Waals surface area (Å²) in [6, 6.07) is 4.12. The van der Waals surface area contributed by atoms with Gasteiger partial charge in [-0.25, -0.2) is 9.37 Å². The molecular formula is C13H13FN2O2S. The Balaban J connectivity index is 2.13. The van der Waals surface area contributed by atoms with E-state index in [1.54, 1.807) is 6.92 Å². The van der Waals surface area contributed by atoms with Gasteiger partial charge in [0.15, 0.2) is 16.7 Å². The molecule has 0 saturated heterocycles. The third-order valence-electron chi connectivity index (χ3n) is 2.33. The summed E-state index contributed by atoms with van der Waals surface area (Å²) < 4.78 is 18.7. The number of carbonyl (C=O) groups excluding carboxylic acids is 1. The molecule has 0 bridgehead atoms. The molecule has 1 amide bonds. The van der Waals surface area contributed by atoms with E-state index >= 15 is 0 Å². The molecule has 6 heteroatoms. The van der Waals surface area contributed by atoms with E-state index in [4.69, 9.17) is 4.74 Å². The fourth-order valence-electron chi connectivity index (χ4n) is 1.50. The Kier molecular flexibility index (Phi) is 4.11. The Labute approximate surface area is 114 Å². The highest BCUT2D eigenvalue weighted by molar-refractivity contribution is 7.13. The molecule has 19 heavy (non-hydrogen) atoms. The van der Waals surface area contributed by atoms with Gasteiger partial charge in [0.1, 0.15) is 0 Å². The lowest BCUT2D eigenvalue weighted by atomic mass is 10.2. The van der Waals surface area contributed by atoms with Crippen LogP contribution < -0.4 is 10.1 Å². The fourth-order valence-corrected chi connectivity index (χ4v) is 2.18. The van der Waals surface area contributed by atoms with Crippen molar-refractivity contribution in [2.24, 2.45) is 0 Å². The zero-order valence-electron chi connectivity index (χ0n) is 10.6. The summed E-state index contributed by atoms with van der Waals surface area (Å²) in [4.78, 5) is 16.0. The van der Waals surface area contributed by atoms with Gasteiger partial charge in [0, 0.05) is 10.9 Å². The van der Waals surface area contributed by atoms with Gasteiger partial charge in [-0.3, -0.25) is 10.1 Å². The highest BCUT2D eigenvalue weighted by Gasteiger charge is 2.11. The highest BCUT2D eigenvalue weighted by Crippen LogP contribution is 2.20. The highest BCUT2D eigenvalue weighted by atomic mass is 32.1. The molecule has 0 atom stereocenters. The summed E-state index contributed by atoms with van der Waals surface area (Å²) in [5.74, 6) is -0.801. The molecule has 1 heterocycles. The van der Waals surface area contributed by atoms with Crippen molar-refractivity contribution in [3.05, 3.63) is 40.7 Å². The number of aromatic nitrogens is 1. The third kappa shape index (κ3) is 3.29. The minimum Gasteiger partial charge on any atom is -0.491 e. The first-order valence-electron chi connectivity index (χ1n) is 5.76. The van der Waals surface area contributed by atoms with Gasteiger partial charge < -0.3 is 4.74 Å². The second-order valence-electron chi connectivity index (χ2n) is 3.83. The molecule has 1 aromatic heterocycles. The van der Waals surface area contributed by atoms with Crippen LogP contribution in [0, 0.1) is 12.7 Å². The lowest BCUT2D eigenvalue weighted by Gasteiger charge is -2.06. The predicted molar refractivity (Wildman–Crippen MR) is 72.4 cm³/mol. The zero-order chi connectivity index (χ0) is 13.8. The number of nitrogens with zero attached hydrogens (tertiary/aromatic N) is 1. The maximum atomic E-state index is 13.6. The monoisotopic (exact) mass is 280 g/mol. The van der Waals surface area contributed by atoms with Crippen molar-refractivity contribution in [3.63, 3.8) is 0 Å². The van der Waals surface area contributed by atoms with Gasteiger partial charge in [0.25, 0.3) is 5.91 Å². The van der Waals surface area contributed by atoms with Crippen LogP contribution >= 0.6 is 11.3 Å². The van der Waals surface area contributed by atoms with E-state index in [2.05, 4.69) is 10.3 Å². The lowest BCUT2D eigenvalue weighted by molar-refractivity contribution is 0.102. The number of rotatable bonds is 4. The van der Waals surface area contributed by atoms with Gasteiger partial charge in [0.05, 0.1) is 12.3 Å². The normalized spacial score (nSPS) is 10.3. The number of anilines is 1. The van der Waals surface area contributed by atoms with Crippen LogP contribution in [-0.4, -0.2) is 17.5 Å². The number of thiazole rings is 1. The number of nitrogens with one attached hydrogen (secondary N) is 1. The molecule has 2 aromatic rings. The number of benzene rings is 1. The number of hydrogen-bond donors (Lipinski definition) is 1. The van der Waals surface area contributed by atoms with Crippen LogP contribution in [0.4, 0.5) is 9.52 Å². The largest absolute Gasteiger partial charge is 0.491 e. The molecule has 4 nitrogen and oxygen atoms in total. The molecule has 0 aliphatic carbocycles. The molecule has 0 aliphatic rings. The number of hydrogen-bond acceptors (Lipinski definition) is 4. The van der Waals surface area contributed by atoms with Gasteiger partial charge in [0.2, 0.25) is 0 Å². The first-order valence-corrected chi connectivity index (χ1v) is 6.64. The van der Waals surface area contributed by atoms with Crippen molar-refractivity contribution >= 4 is 22.4 Å². The van der Waals surface area contributed by atoms with E-state index < -0.39 is 11.7 Å². The topological polar surface area (TPSA) is 51.2 Å². The van der Waals surface area contributed by atoms with Crippen molar-refractivity contribution in [1.29, 1.82) is 0 Å². The van der Waals surface area contributed by atoms with Crippen LogP contribution in [0.2, 0.25) is 0 Å². The Bertz CT molecular complexity index is 598. The number of amides is 1. The van der Waals surface area contributed by atoms with Crippen molar-refractivity contribution in [2.75, 3.05) is 11.9 Å². The summed E-state index contributed by atoms with van der Waals surface area (Å²) in [5, 5.41) is 4.94. The zero-order valence-corrected chi connectivity index (χ0v) is 11.4. The van der Waals surface area contributed by atoms with Crippen molar-refractivity contribution < 1.29 is 13.9 Å². The molecule has 0 fully saturated rings. The van der Waals surface area contributed by atoms with Gasteiger partial charge in [-0.2, -0.15) is 0 Å². The number of halogens is 1. The summed E-state index contributed by atoms with van der Waals surface area (Å²) in [6.45, 7) is 3.98. The molecule has 0 unspecified atom stereocenters. The number of ether oxygens (including phenoxy) is 1. The Morgan fingerprint density at radius 3 is 2.89 bits per heavy atom. The molecule has 0 saturated carbocycles. The van der Waals surface area contributed by atoms with E-state index in [1.165, 1.54) is 23.5 Å². The SMILES string of the molecule is CCOc1ccc(C(=O)Nc2nc(C)cs2)cc1F. The summed E-state index contributed by atoms with van der Waals surface area (Å²) >= 11 is 1.33. The van der Waals surface area contributed by atoms with E-state index in [1.807, 2.05) is 12.3 Å². The Morgan fingerprint density at radius 2 is 2.32 bits per heavy atom. The first-order chi connectivity index (χ1) is 9.10. The van der Waals surface area contributed by atoms with Crippen LogP contribution in [0.3, 0.4) is 0 Å². The summed E-state index contributed by atoms with van der Waals surface area (Å²) in [7, 11) is 0. The molecule has 1 N–H and O–H groups in total. The lowest BCUT2D eigenvalue weighted by Crippen LogP contribution is -2.12. The van der Waals surface area contributed by atoms with Gasteiger partial charge in [-0.1, -0.05) is 0 Å². The van der Waals surface area contributed by atoms with Gasteiger partial charge >= 0.3 is 0 Å². The van der Waals surface area contributed by atoms with Crippen LogP contribution in [0.5, 0.6) is 5.75 Å². The van der Waals surface area contributed by atoms with Crippen LogP contribution in [0.1, 0.15) is 23.0 Å². The standard InChI is InChI=1S/C13H13FN2O2S/c1-3-18-11-5-4-9(6-10(11)14)12(17)16-13-15-8(2)7-19-13/h4-7H,3H2,1-2H3,(H,15,16,17). The Hall–Kier alpha value is -1.95. The molecular weight excluding hydrogens is 267 g/mol. The van der Waals surface area contributed by atoms with E-state index in [9.17, 15) is 9.18 Å². The average Bonchev–Trinajstić information content (AvgIpc) is 2.77. The third-order valence-corrected chi connectivity index (χ3v) is 3.21. The molecule has 0 spiro atoms. The first kappa shape index (κ1) is 13.5. The molecule has 100 valence electrons. The molecule has 0 radical (unpaired) electrons. The van der Waals surface area contributed by atoms with Crippen molar-refractivity contribution in [2.45, 2.75) is 13.8 Å². The average molecular weight is 280 g/mol. The van der Waals surface area contributed by atoms with Crippen molar-refractivity contribution in [3.8, 4) is 5.75 Å².